The lowest BCUT2D eigenvalue weighted by molar-refractivity contribution is -0.140. The number of methoxy groups -OCH3 is 1. The number of ether oxygens (including phenoxy) is 1. The summed E-state index contributed by atoms with van der Waals surface area (Å²) in [5, 5.41) is 8.92. The molecule has 0 saturated carbocycles. The standard InChI is InChI=1S/C20H27N3O2/c1-25-12-11-23-16-20(9-7-19(23)24)8-2-10-22(15-20)14-18-5-3-17(13-21)4-6-18/h3-6H,2,7-12,14-16H2,1H3. The Balaban J connectivity index is 1.63. The number of nitrogens with zero attached hydrogens (tertiary/aromatic N) is 3. The van der Waals surface area contributed by atoms with Crippen molar-refractivity contribution in [2.75, 3.05) is 39.9 Å². The van der Waals surface area contributed by atoms with Crippen molar-refractivity contribution in [2.45, 2.75) is 32.2 Å². The summed E-state index contributed by atoms with van der Waals surface area (Å²) in [4.78, 5) is 16.7. The van der Waals surface area contributed by atoms with Gasteiger partial charge < -0.3 is 9.64 Å². The van der Waals surface area contributed by atoms with E-state index in [1.54, 1.807) is 7.11 Å². The van der Waals surface area contributed by atoms with Crippen molar-refractivity contribution in [1.29, 1.82) is 5.26 Å². The van der Waals surface area contributed by atoms with Crippen LogP contribution in [0.25, 0.3) is 0 Å². The predicted molar refractivity (Wildman–Crippen MR) is 95.8 cm³/mol. The van der Waals surface area contributed by atoms with Crippen LogP contribution >= 0.6 is 0 Å². The van der Waals surface area contributed by atoms with Crippen molar-refractivity contribution in [3.63, 3.8) is 0 Å². The van der Waals surface area contributed by atoms with Crippen LogP contribution < -0.4 is 0 Å². The molecule has 1 spiro atoms. The Hall–Kier alpha value is -1.90. The van der Waals surface area contributed by atoms with Gasteiger partial charge >= 0.3 is 0 Å². The molecule has 1 unspecified atom stereocenters. The van der Waals surface area contributed by atoms with Crippen LogP contribution in [-0.4, -0.2) is 55.6 Å². The molecule has 0 N–H and O–H groups in total. The van der Waals surface area contributed by atoms with Gasteiger partial charge in [0.05, 0.1) is 18.2 Å². The van der Waals surface area contributed by atoms with Gasteiger partial charge in [-0.15, -0.1) is 0 Å². The summed E-state index contributed by atoms with van der Waals surface area (Å²) >= 11 is 0. The number of nitriles is 1. The van der Waals surface area contributed by atoms with E-state index in [1.807, 2.05) is 17.0 Å². The number of likely N-dealkylation sites (tertiary alicyclic amines) is 2. The maximum atomic E-state index is 12.2. The van der Waals surface area contributed by atoms with E-state index in [0.717, 1.165) is 32.6 Å². The molecule has 0 radical (unpaired) electrons. The second-order valence-electron chi connectivity index (χ2n) is 7.43. The fourth-order valence-electron chi connectivity index (χ4n) is 4.23. The fourth-order valence-corrected chi connectivity index (χ4v) is 4.23. The molecule has 2 aliphatic rings. The molecule has 5 nitrogen and oxygen atoms in total. The normalized spacial score (nSPS) is 24.5. The van der Waals surface area contributed by atoms with Crippen LogP contribution in [0.3, 0.4) is 0 Å². The monoisotopic (exact) mass is 341 g/mol. The van der Waals surface area contributed by atoms with E-state index in [0.29, 0.717) is 25.1 Å². The van der Waals surface area contributed by atoms with Crippen molar-refractivity contribution >= 4 is 5.91 Å². The van der Waals surface area contributed by atoms with Gasteiger partial charge in [0, 0.05) is 45.1 Å². The van der Waals surface area contributed by atoms with E-state index in [2.05, 4.69) is 23.1 Å². The van der Waals surface area contributed by atoms with Gasteiger partial charge in [0.15, 0.2) is 0 Å². The van der Waals surface area contributed by atoms with E-state index < -0.39 is 0 Å². The third-order valence-electron chi connectivity index (χ3n) is 5.54. The quantitative estimate of drug-likeness (QED) is 0.825. The Bertz CT molecular complexity index is 637. The van der Waals surface area contributed by atoms with E-state index >= 15 is 0 Å². The molecule has 1 amide bonds. The number of hydrogen-bond acceptors (Lipinski definition) is 4. The number of carbonyl (C=O) groups excluding carboxylic acids is 1. The summed E-state index contributed by atoms with van der Waals surface area (Å²) in [6.45, 7) is 5.24. The molecule has 134 valence electrons. The molecule has 0 aromatic heterocycles. The van der Waals surface area contributed by atoms with Crippen LogP contribution in [0.2, 0.25) is 0 Å². The zero-order chi connectivity index (χ0) is 17.7. The minimum Gasteiger partial charge on any atom is -0.383 e. The van der Waals surface area contributed by atoms with Crippen molar-refractivity contribution in [3.05, 3.63) is 35.4 Å². The number of piperidine rings is 2. The van der Waals surface area contributed by atoms with Crippen molar-refractivity contribution in [1.82, 2.24) is 9.80 Å². The van der Waals surface area contributed by atoms with Crippen molar-refractivity contribution in [2.24, 2.45) is 5.41 Å². The van der Waals surface area contributed by atoms with Gasteiger partial charge in [0.1, 0.15) is 0 Å². The maximum absolute atomic E-state index is 12.2. The van der Waals surface area contributed by atoms with Crippen molar-refractivity contribution in [3.8, 4) is 6.07 Å². The molecular formula is C20H27N3O2. The number of rotatable bonds is 5. The number of carbonyl (C=O) groups is 1. The van der Waals surface area contributed by atoms with Crippen molar-refractivity contribution < 1.29 is 9.53 Å². The number of benzene rings is 1. The molecule has 3 rings (SSSR count). The summed E-state index contributed by atoms with van der Waals surface area (Å²) in [6.07, 6.45) is 4.05. The maximum Gasteiger partial charge on any atom is 0.222 e. The van der Waals surface area contributed by atoms with Gasteiger partial charge in [-0.2, -0.15) is 5.26 Å². The Labute approximate surface area is 150 Å². The first-order valence-corrected chi connectivity index (χ1v) is 9.12. The van der Waals surface area contributed by atoms with E-state index in [1.165, 1.54) is 18.4 Å². The second kappa shape index (κ2) is 7.99. The van der Waals surface area contributed by atoms with Crippen LogP contribution in [0.1, 0.15) is 36.8 Å². The molecule has 2 aliphatic heterocycles. The largest absolute Gasteiger partial charge is 0.383 e. The molecule has 0 aliphatic carbocycles. The SMILES string of the molecule is COCCN1CC2(CCCN(Cc3ccc(C#N)cc3)C2)CCC1=O. The number of amides is 1. The Morgan fingerprint density at radius 3 is 2.76 bits per heavy atom. The van der Waals surface area contributed by atoms with E-state index in [4.69, 9.17) is 10.00 Å². The Morgan fingerprint density at radius 1 is 1.24 bits per heavy atom. The second-order valence-corrected chi connectivity index (χ2v) is 7.43. The first-order valence-electron chi connectivity index (χ1n) is 9.12. The molecule has 1 aromatic carbocycles. The zero-order valence-electron chi connectivity index (χ0n) is 15.0. The lowest BCUT2D eigenvalue weighted by Crippen LogP contribution is -2.54. The first kappa shape index (κ1) is 17.9. The molecule has 2 heterocycles. The summed E-state index contributed by atoms with van der Waals surface area (Å²) in [7, 11) is 1.68. The van der Waals surface area contributed by atoms with Gasteiger partial charge in [0.25, 0.3) is 0 Å². The Morgan fingerprint density at radius 2 is 2.04 bits per heavy atom. The van der Waals surface area contributed by atoms with Gasteiger partial charge in [0.2, 0.25) is 5.91 Å². The molecule has 2 fully saturated rings. The van der Waals surface area contributed by atoms with E-state index in [9.17, 15) is 4.79 Å². The molecule has 5 heteroatoms. The highest BCUT2D eigenvalue weighted by Crippen LogP contribution is 2.39. The predicted octanol–water partition coefficient (Wildman–Crippen LogP) is 2.41. The highest BCUT2D eigenvalue weighted by atomic mass is 16.5. The summed E-state index contributed by atoms with van der Waals surface area (Å²) in [5.74, 6) is 0.270. The smallest absolute Gasteiger partial charge is 0.222 e. The minimum absolute atomic E-state index is 0.229. The van der Waals surface area contributed by atoms with Gasteiger partial charge in [-0.05, 0) is 43.5 Å². The van der Waals surface area contributed by atoms with Crippen LogP contribution in [0.15, 0.2) is 24.3 Å². The molecule has 0 bridgehead atoms. The lowest BCUT2D eigenvalue weighted by atomic mass is 9.73. The summed E-state index contributed by atoms with van der Waals surface area (Å²) in [6, 6.07) is 10.0. The number of hydrogen-bond donors (Lipinski definition) is 0. The molecule has 2 saturated heterocycles. The average molecular weight is 341 g/mol. The summed E-state index contributed by atoms with van der Waals surface area (Å²) < 4.78 is 5.16. The third kappa shape index (κ3) is 4.39. The zero-order valence-corrected chi connectivity index (χ0v) is 15.0. The van der Waals surface area contributed by atoms with Gasteiger partial charge in [-0.3, -0.25) is 9.69 Å². The van der Waals surface area contributed by atoms with Gasteiger partial charge in [-0.1, -0.05) is 12.1 Å². The fraction of sp³-hybridized carbons (Fsp3) is 0.600. The van der Waals surface area contributed by atoms with Crippen LogP contribution in [0.4, 0.5) is 0 Å². The minimum atomic E-state index is 0.229. The van der Waals surface area contributed by atoms with Crippen LogP contribution in [0, 0.1) is 16.7 Å². The van der Waals surface area contributed by atoms with Crippen LogP contribution in [-0.2, 0) is 16.1 Å². The third-order valence-corrected chi connectivity index (χ3v) is 5.54. The summed E-state index contributed by atoms with van der Waals surface area (Å²) in [5.41, 5.74) is 2.18. The molecule has 1 aromatic rings. The highest BCUT2D eigenvalue weighted by molar-refractivity contribution is 5.77. The van der Waals surface area contributed by atoms with Crippen LogP contribution in [0.5, 0.6) is 0 Å². The van der Waals surface area contributed by atoms with E-state index in [-0.39, 0.29) is 11.3 Å². The highest BCUT2D eigenvalue weighted by Gasteiger charge is 2.41. The first-order chi connectivity index (χ1) is 12.1. The molecular weight excluding hydrogens is 314 g/mol. The molecule has 25 heavy (non-hydrogen) atoms. The Kier molecular flexibility index (Phi) is 5.72. The molecule has 1 atom stereocenters. The average Bonchev–Trinajstić information content (AvgIpc) is 2.64. The topological polar surface area (TPSA) is 56.6 Å². The van der Waals surface area contributed by atoms with Gasteiger partial charge in [-0.25, -0.2) is 0 Å². The lowest BCUT2D eigenvalue weighted by Gasteiger charge is -2.48.